The Hall–Kier alpha value is -2.96. The normalized spacial score (nSPS) is 19.9. The van der Waals surface area contributed by atoms with Gasteiger partial charge in [0.25, 0.3) is 5.91 Å². The number of amides is 1. The smallest absolute Gasteiger partial charge is 0.475 e. The number of aromatic nitrogens is 2. The number of carboxylic acids is 1. The van der Waals surface area contributed by atoms with E-state index in [0.29, 0.717) is 30.6 Å². The van der Waals surface area contributed by atoms with Gasteiger partial charge >= 0.3 is 18.1 Å². The van der Waals surface area contributed by atoms with Gasteiger partial charge in [0, 0.05) is 12.6 Å². The van der Waals surface area contributed by atoms with Crippen LogP contribution in [0.1, 0.15) is 42.2 Å². The maximum Gasteiger partial charge on any atom is 0.490 e. The Morgan fingerprint density at radius 2 is 2.00 bits per heavy atom. The van der Waals surface area contributed by atoms with Crippen LogP contribution >= 0.6 is 0 Å². The molecule has 2 aliphatic rings. The molecule has 2 fully saturated rings. The fourth-order valence-corrected chi connectivity index (χ4v) is 3.46. The van der Waals surface area contributed by atoms with Gasteiger partial charge in [-0.1, -0.05) is 6.92 Å². The molecule has 1 unspecified atom stereocenters. The van der Waals surface area contributed by atoms with Crippen molar-refractivity contribution in [1.82, 2.24) is 20.6 Å². The molecule has 2 saturated heterocycles. The van der Waals surface area contributed by atoms with Crippen molar-refractivity contribution < 1.29 is 37.4 Å². The highest BCUT2D eigenvalue weighted by molar-refractivity contribution is 5.95. The van der Waals surface area contributed by atoms with Gasteiger partial charge in [-0.05, 0) is 32.4 Å². The van der Waals surface area contributed by atoms with Crippen molar-refractivity contribution in [3.05, 3.63) is 17.5 Å². The highest BCUT2D eigenvalue weighted by Gasteiger charge is 2.49. The fourth-order valence-electron chi connectivity index (χ4n) is 3.46. The number of aryl methyl sites for hydroxylation is 1. The topological polar surface area (TPSA) is 157 Å². The van der Waals surface area contributed by atoms with Crippen molar-refractivity contribution in [3.63, 3.8) is 0 Å². The molecule has 172 valence electrons. The fraction of sp³-hybridized carbons (Fsp3) is 0.611. The molecule has 0 radical (unpaired) electrons. The number of aliphatic carboxylic acids is 1. The average molecular weight is 447 g/mol. The summed E-state index contributed by atoms with van der Waals surface area (Å²) in [6, 6.07) is 0. The number of carbonyl (C=O) groups excluding carboxylic acids is 2. The maximum atomic E-state index is 12.4. The van der Waals surface area contributed by atoms with E-state index < -0.39 is 12.1 Å². The number of alkyl halides is 3. The van der Waals surface area contributed by atoms with Gasteiger partial charge in [0.1, 0.15) is 6.10 Å². The lowest BCUT2D eigenvalue weighted by molar-refractivity contribution is -0.192. The molecule has 1 atom stereocenters. The molecule has 0 aromatic carbocycles. The van der Waals surface area contributed by atoms with Crippen molar-refractivity contribution in [2.24, 2.45) is 5.41 Å². The van der Waals surface area contributed by atoms with Crippen molar-refractivity contribution in [3.8, 4) is 0 Å². The predicted molar refractivity (Wildman–Crippen MR) is 101 cm³/mol. The summed E-state index contributed by atoms with van der Waals surface area (Å²) >= 11 is 0. The van der Waals surface area contributed by atoms with Crippen LogP contribution in [0.15, 0.2) is 6.20 Å². The monoisotopic (exact) mass is 447 g/mol. The van der Waals surface area contributed by atoms with Gasteiger partial charge in [0.05, 0.1) is 23.2 Å². The first kappa shape index (κ1) is 24.3. The van der Waals surface area contributed by atoms with Crippen LogP contribution in [0.4, 0.5) is 19.1 Å². The number of ether oxygens (including phenoxy) is 1. The number of carboxylic acid groups (broad SMARTS) is 1. The van der Waals surface area contributed by atoms with Gasteiger partial charge in [-0.2, -0.15) is 13.2 Å². The first-order chi connectivity index (χ1) is 14.5. The molecule has 1 aromatic rings. The SMILES string of the molecule is CCc1nc(N)ncc1C(=O)NCC1CC2(CCNCC2)C(=O)O1.O=C(O)C(F)(F)F. The molecule has 0 saturated carbocycles. The quantitative estimate of drug-likeness (QED) is 0.487. The number of nitrogens with zero attached hydrogens (tertiary/aromatic N) is 2. The largest absolute Gasteiger partial charge is 0.490 e. The predicted octanol–water partition coefficient (Wildman–Crippen LogP) is 0.670. The third-order valence-corrected chi connectivity index (χ3v) is 5.08. The Morgan fingerprint density at radius 3 is 2.55 bits per heavy atom. The molecular formula is C18H24F3N5O5. The number of cyclic esters (lactones) is 1. The van der Waals surface area contributed by atoms with Crippen molar-refractivity contribution in [2.75, 3.05) is 25.4 Å². The van der Waals surface area contributed by atoms with E-state index in [1.54, 1.807) is 0 Å². The lowest BCUT2D eigenvalue weighted by Crippen LogP contribution is -2.39. The maximum absolute atomic E-state index is 12.4. The van der Waals surface area contributed by atoms with Crippen LogP contribution in [-0.2, 0) is 20.7 Å². The van der Waals surface area contributed by atoms with Crippen molar-refractivity contribution in [1.29, 1.82) is 0 Å². The summed E-state index contributed by atoms with van der Waals surface area (Å²) in [7, 11) is 0. The molecule has 13 heteroatoms. The second kappa shape index (κ2) is 9.90. The summed E-state index contributed by atoms with van der Waals surface area (Å²) in [5, 5.41) is 13.2. The van der Waals surface area contributed by atoms with E-state index in [1.165, 1.54) is 6.20 Å². The Bertz CT molecular complexity index is 827. The van der Waals surface area contributed by atoms with Crippen molar-refractivity contribution in [2.45, 2.75) is 44.9 Å². The Kier molecular flexibility index (Phi) is 7.76. The summed E-state index contributed by atoms with van der Waals surface area (Å²) in [5.74, 6) is -3.00. The number of nitrogens with two attached hydrogens (primary N) is 1. The molecule has 2 aliphatic heterocycles. The molecule has 0 bridgehead atoms. The zero-order valence-electron chi connectivity index (χ0n) is 16.8. The number of esters is 1. The highest BCUT2D eigenvalue weighted by atomic mass is 19.4. The number of hydrogen-bond acceptors (Lipinski definition) is 8. The molecule has 3 heterocycles. The molecule has 3 rings (SSSR count). The summed E-state index contributed by atoms with van der Waals surface area (Å²) in [5.41, 5.74) is 6.20. The number of nitrogens with one attached hydrogen (secondary N) is 2. The summed E-state index contributed by atoms with van der Waals surface area (Å²) < 4.78 is 37.2. The van der Waals surface area contributed by atoms with Crippen LogP contribution in [0, 0.1) is 5.41 Å². The van der Waals surface area contributed by atoms with E-state index in [9.17, 15) is 22.8 Å². The standard InChI is InChI=1S/C16H23N5O3.C2HF3O2/c1-2-12-11(9-20-15(17)21-12)13(22)19-8-10-7-16(14(23)24-10)3-5-18-6-4-16;3-2(4,5)1(6)7/h9-10,18H,2-8H2,1H3,(H,19,22)(H2,17,20,21);(H,6,7). The first-order valence-electron chi connectivity index (χ1n) is 9.60. The van der Waals surface area contributed by atoms with Crippen molar-refractivity contribution >= 4 is 23.8 Å². The third kappa shape index (κ3) is 6.26. The number of carbonyl (C=O) groups is 3. The molecular weight excluding hydrogens is 423 g/mol. The van der Waals surface area contributed by atoms with E-state index in [2.05, 4.69) is 20.6 Å². The number of nitrogen functional groups attached to an aromatic ring is 1. The minimum atomic E-state index is -5.08. The first-order valence-corrected chi connectivity index (χ1v) is 9.60. The molecule has 31 heavy (non-hydrogen) atoms. The molecule has 1 spiro atoms. The van der Waals surface area contributed by atoms with E-state index in [1.807, 2.05) is 6.92 Å². The second-order valence-corrected chi connectivity index (χ2v) is 7.22. The molecule has 0 aliphatic carbocycles. The Morgan fingerprint density at radius 1 is 1.39 bits per heavy atom. The molecule has 1 aromatic heterocycles. The van der Waals surface area contributed by atoms with Crippen LogP contribution in [0.2, 0.25) is 0 Å². The lowest BCUT2D eigenvalue weighted by atomic mass is 9.76. The van der Waals surface area contributed by atoms with Crippen LogP contribution in [0.5, 0.6) is 0 Å². The van der Waals surface area contributed by atoms with E-state index in [4.69, 9.17) is 20.4 Å². The Labute approximate surface area is 175 Å². The van der Waals surface area contributed by atoms with E-state index in [-0.39, 0.29) is 29.3 Å². The molecule has 5 N–H and O–H groups in total. The third-order valence-electron chi connectivity index (χ3n) is 5.08. The minimum Gasteiger partial charge on any atom is -0.475 e. The number of hydrogen-bond donors (Lipinski definition) is 4. The summed E-state index contributed by atoms with van der Waals surface area (Å²) in [6.07, 6.45) is -1.09. The molecule has 1 amide bonds. The zero-order chi connectivity index (χ0) is 23.2. The van der Waals surface area contributed by atoms with Gasteiger partial charge < -0.3 is 26.2 Å². The average Bonchev–Trinajstić information content (AvgIpc) is 3.01. The van der Waals surface area contributed by atoms with Gasteiger partial charge in [0.2, 0.25) is 5.95 Å². The molecule has 10 nitrogen and oxygen atoms in total. The van der Waals surface area contributed by atoms with Crippen LogP contribution < -0.4 is 16.4 Å². The number of rotatable bonds is 4. The number of halogens is 3. The van der Waals surface area contributed by atoms with Crippen LogP contribution in [-0.4, -0.2) is 64.8 Å². The number of piperidine rings is 1. The minimum absolute atomic E-state index is 0.131. The van der Waals surface area contributed by atoms with Gasteiger partial charge in [-0.3, -0.25) is 9.59 Å². The summed E-state index contributed by atoms with van der Waals surface area (Å²) in [6.45, 7) is 3.86. The number of anilines is 1. The van der Waals surface area contributed by atoms with Gasteiger partial charge in [-0.15, -0.1) is 0 Å². The highest BCUT2D eigenvalue weighted by Crippen LogP contribution is 2.41. The van der Waals surface area contributed by atoms with Crippen LogP contribution in [0.25, 0.3) is 0 Å². The Balaban J connectivity index is 0.000000423. The van der Waals surface area contributed by atoms with E-state index >= 15 is 0 Å². The van der Waals surface area contributed by atoms with Crippen LogP contribution in [0.3, 0.4) is 0 Å². The second-order valence-electron chi connectivity index (χ2n) is 7.22. The lowest BCUT2D eigenvalue weighted by Gasteiger charge is -2.29. The van der Waals surface area contributed by atoms with Gasteiger partial charge in [-0.25, -0.2) is 14.8 Å². The van der Waals surface area contributed by atoms with E-state index in [0.717, 1.165) is 25.9 Å². The zero-order valence-corrected chi connectivity index (χ0v) is 16.8. The summed E-state index contributed by atoms with van der Waals surface area (Å²) in [4.78, 5) is 41.4. The van der Waals surface area contributed by atoms with Gasteiger partial charge in [0.15, 0.2) is 0 Å².